The van der Waals surface area contributed by atoms with Gasteiger partial charge in [0.25, 0.3) is 5.91 Å². The highest BCUT2D eigenvalue weighted by atomic mass is 35.5. The molecule has 1 aliphatic heterocycles. The molecule has 19 heavy (non-hydrogen) atoms. The lowest BCUT2D eigenvalue weighted by Gasteiger charge is -2.23. The maximum atomic E-state index is 11.6. The first-order valence-electron chi connectivity index (χ1n) is 6.07. The molecule has 0 radical (unpaired) electrons. The van der Waals surface area contributed by atoms with Crippen LogP contribution < -0.4 is 16.0 Å². The van der Waals surface area contributed by atoms with Crippen LogP contribution >= 0.6 is 23.7 Å². The molecule has 1 unspecified atom stereocenters. The lowest BCUT2D eigenvalue weighted by atomic mass is 10.1. The number of carbonyl (C=O) groups is 2. The molecule has 2 rings (SSSR count). The van der Waals surface area contributed by atoms with Gasteiger partial charge in [0.15, 0.2) is 0 Å². The molecule has 1 aromatic rings. The molecule has 0 aromatic carbocycles. The third-order valence-electron chi connectivity index (χ3n) is 2.82. The standard InChI is InChI=1S/C12H17N3O2S.ClH/c16-11(15-9-3-1-5-13-7-9)8-14-12(17)10-4-2-6-18-10;/h2,4,6,9,13H,1,3,5,7-8H2,(H,14,17)(H,15,16);1H. The van der Waals surface area contributed by atoms with Crippen LogP contribution in [0.4, 0.5) is 0 Å². The van der Waals surface area contributed by atoms with Crippen molar-refractivity contribution >= 4 is 35.6 Å². The van der Waals surface area contributed by atoms with Crippen molar-refractivity contribution in [2.75, 3.05) is 19.6 Å². The Morgan fingerprint density at radius 2 is 2.32 bits per heavy atom. The summed E-state index contributed by atoms with van der Waals surface area (Å²) < 4.78 is 0. The summed E-state index contributed by atoms with van der Waals surface area (Å²) >= 11 is 1.36. The molecular weight excluding hydrogens is 286 g/mol. The molecule has 1 aromatic heterocycles. The Hall–Kier alpha value is -1.11. The molecule has 3 N–H and O–H groups in total. The molecule has 0 saturated carbocycles. The third kappa shape index (κ3) is 5.18. The van der Waals surface area contributed by atoms with Crippen LogP contribution in [0.15, 0.2) is 17.5 Å². The second kappa shape index (κ2) is 8.14. The molecule has 1 atom stereocenters. The van der Waals surface area contributed by atoms with E-state index >= 15 is 0 Å². The fraction of sp³-hybridized carbons (Fsp3) is 0.500. The van der Waals surface area contributed by atoms with Gasteiger partial charge in [0.05, 0.1) is 11.4 Å². The van der Waals surface area contributed by atoms with Crippen molar-refractivity contribution in [1.82, 2.24) is 16.0 Å². The highest BCUT2D eigenvalue weighted by Gasteiger charge is 2.15. The second-order valence-corrected chi connectivity index (χ2v) is 5.22. The Morgan fingerprint density at radius 3 is 2.95 bits per heavy atom. The minimum absolute atomic E-state index is 0. The minimum atomic E-state index is -0.193. The van der Waals surface area contributed by atoms with Gasteiger partial charge >= 0.3 is 0 Å². The molecule has 1 saturated heterocycles. The highest BCUT2D eigenvalue weighted by molar-refractivity contribution is 7.12. The van der Waals surface area contributed by atoms with E-state index in [4.69, 9.17) is 0 Å². The zero-order valence-electron chi connectivity index (χ0n) is 10.5. The first kappa shape index (κ1) is 15.9. The van der Waals surface area contributed by atoms with E-state index in [0.29, 0.717) is 4.88 Å². The summed E-state index contributed by atoms with van der Waals surface area (Å²) in [5.74, 6) is -0.324. The topological polar surface area (TPSA) is 70.2 Å². The van der Waals surface area contributed by atoms with Gasteiger partial charge in [0.1, 0.15) is 0 Å². The van der Waals surface area contributed by atoms with Crippen LogP contribution in [0, 0.1) is 0 Å². The monoisotopic (exact) mass is 303 g/mol. The number of rotatable bonds is 4. The Labute approximate surface area is 122 Å². The lowest BCUT2D eigenvalue weighted by Crippen LogP contribution is -2.48. The average molecular weight is 304 g/mol. The molecule has 106 valence electrons. The maximum Gasteiger partial charge on any atom is 0.261 e. The van der Waals surface area contributed by atoms with Gasteiger partial charge in [-0.3, -0.25) is 9.59 Å². The van der Waals surface area contributed by atoms with Gasteiger partial charge in [-0.05, 0) is 30.8 Å². The first-order valence-corrected chi connectivity index (χ1v) is 6.95. The molecule has 1 fully saturated rings. The maximum absolute atomic E-state index is 11.6. The Morgan fingerprint density at radius 1 is 1.47 bits per heavy atom. The van der Waals surface area contributed by atoms with E-state index in [0.717, 1.165) is 25.9 Å². The van der Waals surface area contributed by atoms with Crippen LogP contribution in [-0.4, -0.2) is 37.5 Å². The molecule has 0 aliphatic carbocycles. The average Bonchev–Trinajstić information content (AvgIpc) is 2.91. The number of nitrogens with one attached hydrogen (secondary N) is 3. The van der Waals surface area contributed by atoms with Gasteiger partial charge in [-0.25, -0.2) is 0 Å². The summed E-state index contributed by atoms with van der Waals surface area (Å²) in [4.78, 5) is 23.9. The van der Waals surface area contributed by atoms with Crippen molar-refractivity contribution in [3.63, 3.8) is 0 Å². The number of amides is 2. The Kier molecular flexibility index (Phi) is 6.83. The van der Waals surface area contributed by atoms with Crippen LogP contribution in [0.25, 0.3) is 0 Å². The Balaban J connectivity index is 0.00000180. The van der Waals surface area contributed by atoms with E-state index in [-0.39, 0.29) is 36.8 Å². The normalized spacial score (nSPS) is 18.2. The zero-order chi connectivity index (χ0) is 12.8. The molecule has 1 aliphatic rings. The SMILES string of the molecule is Cl.O=C(CNC(=O)c1cccs1)NC1CCCNC1. The predicted molar refractivity (Wildman–Crippen MR) is 77.9 cm³/mol. The van der Waals surface area contributed by atoms with Crippen molar-refractivity contribution in [2.45, 2.75) is 18.9 Å². The van der Waals surface area contributed by atoms with Crippen molar-refractivity contribution < 1.29 is 9.59 Å². The van der Waals surface area contributed by atoms with Crippen LogP contribution in [0.1, 0.15) is 22.5 Å². The van der Waals surface area contributed by atoms with Gasteiger partial charge in [-0.15, -0.1) is 23.7 Å². The number of hydrogen-bond acceptors (Lipinski definition) is 4. The largest absolute Gasteiger partial charge is 0.351 e. The summed E-state index contributed by atoms with van der Waals surface area (Å²) in [6.07, 6.45) is 2.07. The van der Waals surface area contributed by atoms with Gasteiger partial charge in [-0.2, -0.15) is 0 Å². The summed E-state index contributed by atoms with van der Waals surface area (Å²) in [5.41, 5.74) is 0. The summed E-state index contributed by atoms with van der Waals surface area (Å²) in [6, 6.07) is 3.74. The van der Waals surface area contributed by atoms with E-state index in [2.05, 4.69) is 16.0 Å². The molecule has 5 nitrogen and oxygen atoms in total. The third-order valence-corrected chi connectivity index (χ3v) is 3.69. The van der Waals surface area contributed by atoms with E-state index < -0.39 is 0 Å². The Bertz CT molecular complexity index is 405. The van der Waals surface area contributed by atoms with Crippen molar-refractivity contribution in [2.24, 2.45) is 0 Å². The molecule has 0 spiro atoms. The number of thiophene rings is 1. The van der Waals surface area contributed by atoms with E-state index in [1.54, 1.807) is 6.07 Å². The zero-order valence-corrected chi connectivity index (χ0v) is 12.1. The van der Waals surface area contributed by atoms with E-state index in [1.807, 2.05) is 11.4 Å². The quantitative estimate of drug-likeness (QED) is 0.769. The van der Waals surface area contributed by atoms with E-state index in [1.165, 1.54) is 11.3 Å². The molecule has 2 heterocycles. The molecule has 7 heteroatoms. The number of halogens is 1. The smallest absolute Gasteiger partial charge is 0.261 e. The van der Waals surface area contributed by atoms with Gasteiger partial charge in [0.2, 0.25) is 5.91 Å². The minimum Gasteiger partial charge on any atom is -0.351 e. The number of hydrogen-bond donors (Lipinski definition) is 3. The summed E-state index contributed by atoms with van der Waals surface area (Å²) in [7, 11) is 0. The lowest BCUT2D eigenvalue weighted by molar-refractivity contribution is -0.120. The van der Waals surface area contributed by atoms with E-state index in [9.17, 15) is 9.59 Å². The van der Waals surface area contributed by atoms with Crippen LogP contribution in [0.2, 0.25) is 0 Å². The number of piperidine rings is 1. The highest BCUT2D eigenvalue weighted by Crippen LogP contribution is 2.07. The summed E-state index contributed by atoms with van der Waals surface area (Å²) in [6.45, 7) is 1.86. The summed E-state index contributed by atoms with van der Waals surface area (Å²) in [5, 5.41) is 10.6. The molecule has 0 bridgehead atoms. The van der Waals surface area contributed by atoms with Crippen molar-refractivity contribution in [1.29, 1.82) is 0 Å². The van der Waals surface area contributed by atoms with Gasteiger partial charge < -0.3 is 16.0 Å². The first-order chi connectivity index (χ1) is 8.75. The molecule has 2 amide bonds. The van der Waals surface area contributed by atoms with Crippen LogP contribution in [0.5, 0.6) is 0 Å². The predicted octanol–water partition coefficient (Wildman–Crippen LogP) is 0.768. The fourth-order valence-corrected chi connectivity index (χ4v) is 2.55. The number of carbonyl (C=O) groups excluding carboxylic acids is 2. The second-order valence-electron chi connectivity index (χ2n) is 4.27. The van der Waals surface area contributed by atoms with Crippen molar-refractivity contribution in [3.05, 3.63) is 22.4 Å². The fourth-order valence-electron chi connectivity index (χ4n) is 1.91. The van der Waals surface area contributed by atoms with Gasteiger partial charge in [-0.1, -0.05) is 6.07 Å². The van der Waals surface area contributed by atoms with Crippen LogP contribution in [-0.2, 0) is 4.79 Å². The van der Waals surface area contributed by atoms with Crippen molar-refractivity contribution in [3.8, 4) is 0 Å². The van der Waals surface area contributed by atoms with Gasteiger partial charge in [0, 0.05) is 12.6 Å². The molecular formula is C12H18ClN3O2S. The van der Waals surface area contributed by atoms with Crippen LogP contribution in [0.3, 0.4) is 0 Å².